The Morgan fingerprint density at radius 2 is 2.20 bits per heavy atom. The second kappa shape index (κ2) is 7.74. The highest BCUT2D eigenvalue weighted by Crippen LogP contribution is 2.23. The summed E-state index contributed by atoms with van der Waals surface area (Å²) in [4.78, 5) is 28.5. The van der Waals surface area contributed by atoms with Crippen molar-refractivity contribution in [1.82, 2.24) is 9.80 Å². The van der Waals surface area contributed by atoms with E-state index in [1.54, 1.807) is 22.1 Å². The first-order valence-electron chi connectivity index (χ1n) is 8.40. The molecule has 3 rings (SSSR count). The van der Waals surface area contributed by atoms with E-state index < -0.39 is 0 Å². The topological polar surface area (TPSA) is 53.8 Å². The largest absolute Gasteiger partial charge is 0.467 e. The number of amides is 2. The van der Waals surface area contributed by atoms with Gasteiger partial charge in [0.2, 0.25) is 11.8 Å². The molecule has 2 heterocycles. The van der Waals surface area contributed by atoms with Crippen LogP contribution in [0.3, 0.4) is 0 Å². The molecule has 0 radical (unpaired) electrons. The Hall–Kier alpha value is -2.27. The molecule has 0 saturated carbocycles. The Bertz CT molecular complexity index is 745. The molecule has 0 N–H and O–H groups in total. The Morgan fingerprint density at radius 1 is 1.36 bits per heavy atom. The molecule has 1 aromatic heterocycles. The lowest BCUT2D eigenvalue weighted by Gasteiger charge is -2.24. The number of hydrogen-bond donors (Lipinski definition) is 0. The number of carbonyl (C=O) groups excluding carboxylic acids is 2. The molecule has 1 fully saturated rings. The molecule has 25 heavy (non-hydrogen) atoms. The van der Waals surface area contributed by atoms with Gasteiger partial charge >= 0.3 is 0 Å². The van der Waals surface area contributed by atoms with E-state index in [0.717, 1.165) is 11.3 Å². The van der Waals surface area contributed by atoms with E-state index in [2.05, 4.69) is 0 Å². The lowest BCUT2D eigenvalue weighted by atomic mass is 10.1. The molecular formula is C19H21ClN2O3. The van der Waals surface area contributed by atoms with E-state index in [4.69, 9.17) is 16.0 Å². The first-order valence-corrected chi connectivity index (χ1v) is 8.78. The van der Waals surface area contributed by atoms with Crippen molar-refractivity contribution >= 4 is 23.4 Å². The van der Waals surface area contributed by atoms with Gasteiger partial charge in [0.25, 0.3) is 0 Å². The summed E-state index contributed by atoms with van der Waals surface area (Å²) >= 11 is 6.02. The van der Waals surface area contributed by atoms with E-state index in [0.29, 0.717) is 31.2 Å². The SMILES string of the molecule is CCN(Cc1cccc(Cl)c1)C(=O)C1CC(=O)N(Cc2ccco2)C1. The smallest absolute Gasteiger partial charge is 0.228 e. The molecule has 1 atom stereocenters. The quantitative estimate of drug-likeness (QED) is 0.794. The van der Waals surface area contributed by atoms with Crippen molar-refractivity contribution in [2.75, 3.05) is 13.1 Å². The predicted molar refractivity (Wildman–Crippen MR) is 94.8 cm³/mol. The van der Waals surface area contributed by atoms with Crippen LogP contribution in [0.15, 0.2) is 47.1 Å². The molecule has 6 heteroatoms. The van der Waals surface area contributed by atoms with Gasteiger partial charge in [-0.05, 0) is 36.8 Å². The van der Waals surface area contributed by atoms with Crippen LogP contribution in [0.4, 0.5) is 0 Å². The molecule has 0 spiro atoms. The normalized spacial score (nSPS) is 17.1. The Labute approximate surface area is 152 Å². The van der Waals surface area contributed by atoms with Crippen molar-refractivity contribution in [3.63, 3.8) is 0 Å². The van der Waals surface area contributed by atoms with Crippen LogP contribution in [-0.4, -0.2) is 34.7 Å². The number of carbonyl (C=O) groups is 2. The second-order valence-electron chi connectivity index (χ2n) is 6.24. The maximum Gasteiger partial charge on any atom is 0.228 e. The molecule has 132 valence electrons. The molecule has 1 unspecified atom stereocenters. The number of furan rings is 1. The van der Waals surface area contributed by atoms with Crippen molar-refractivity contribution in [3.8, 4) is 0 Å². The fourth-order valence-corrected chi connectivity index (χ4v) is 3.35. The van der Waals surface area contributed by atoms with Crippen LogP contribution < -0.4 is 0 Å². The molecular weight excluding hydrogens is 340 g/mol. The van der Waals surface area contributed by atoms with Crippen molar-refractivity contribution in [3.05, 3.63) is 59.0 Å². The number of benzene rings is 1. The third-order valence-corrected chi connectivity index (χ3v) is 4.68. The van der Waals surface area contributed by atoms with Crippen molar-refractivity contribution in [2.45, 2.75) is 26.4 Å². The summed E-state index contributed by atoms with van der Waals surface area (Å²) in [5, 5.41) is 0.654. The molecule has 5 nitrogen and oxygen atoms in total. The van der Waals surface area contributed by atoms with E-state index in [9.17, 15) is 9.59 Å². The van der Waals surface area contributed by atoms with Crippen LogP contribution in [0.1, 0.15) is 24.7 Å². The van der Waals surface area contributed by atoms with Gasteiger partial charge in [-0.3, -0.25) is 9.59 Å². The van der Waals surface area contributed by atoms with Crippen LogP contribution in [0, 0.1) is 5.92 Å². The number of rotatable bonds is 6. The van der Waals surface area contributed by atoms with E-state index in [1.165, 1.54) is 0 Å². The summed E-state index contributed by atoms with van der Waals surface area (Å²) in [6.07, 6.45) is 1.84. The van der Waals surface area contributed by atoms with Crippen molar-refractivity contribution in [2.24, 2.45) is 5.92 Å². The average Bonchev–Trinajstić information content (AvgIpc) is 3.23. The summed E-state index contributed by atoms with van der Waals surface area (Å²) in [6.45, 7) is 3.88. The highest BCUT2D eigenvalue weighted by atomic mass is 35.5. The first-order chi connectivity index (χ1) is 12.1. The highest BCUT2D eigenvalue weighted by Gasteiger charge is 2.36. The molecule has 0 bridgehead atoms. The summed E-state index contributed by atoms with van der Waals surface area (Å²) < 4.78 is 5.30. The molecule has 1 saturated heterocycles. The Balaban J connectivity index is 1.63. The van der Waals surface area contributed by atoms with Gasteiger partial charge in [0.05, 0.1) is 18.7 Å². The third kappa shape index (κ3) is 4.23. The monoisotopic (exact) mass is 360 g/mol. The van der Waals surface area contributed by atoms with Gasteiger partial charge in [0, 0.05) is 31.1 Å². The molecule has 2 aromatic rings. The van der Waals surface area contributed by atoms with Gasteiger partial charge in [0.1, 0.15) is 5.76 Å². The Morgan fingerprint density at radius 3 is 2.88 bits per heavy atom. The van der Waals surface area contributed by atoms with E-state index >= 15 is 0 Å². The van der Waals surface area contributed by atoms with Gasteiger partial charge in [-0.2, -0.15) is 0 Å². The predicted octanol–water partition coefficient (Wildman–Crippen LogP) is 3.33. The standard InChI is InChI=1S/C19H21ClN2O3/c1-2-21(11-14-5-3-6-16(20)9-14)19(24)15-10-18(23)22(12-15)13-17-7-4-8-25-17/h3-9,15H,2,10-13H2,1H3. The fraction of sp³-hybridized carbons (Fsp3) is 0.368. The molecule has 1 aliphatic heterocycles. The molecule has 1 aromatic carbocycles. The lowest BCUT2D eigenvalue weighted by Crippen LogP contribution is -2.36. The first kappa shape index (κ1) is 17.5. The van der Waals surface area contributed by atoms with Crippen LogP contribution in [0.2, 0.25) is 5.02 Å². The average molecular weight is 361 g/mol. The van der Waals surface area contributed by atoms with E-state index in [-0.39, 0.29) is 24.2 Å². The Kier molecular flexibility index (Phi) is 5.43. The van der Waals surface area contributed by atoms with E-state index in [1.807, 2.05) is 37.3 Å². The molecule has 0 aliphatic carbocycles. The number of hydrogen-bond acceptors (Lipinski definition) is 3. The zero-order chi connectivity index (χ0) is 17.8. The summed E-state index contributed by atoms with van der Waals surface area (Å²) in [5.41, 5.74) is 0.986. The van der Waals surface area contributed by atoms with Crippen LogP contribution in [0.5, 0.6) is 0 Å². The van der Waals surface area contributed by atoms with Gasteiger partial charge in [-0.25, -0.2) is 0 Å². The summed E-state index contributed by atoms with van der Waals surface area (Å²) in [6, 6.07) is 11.1. The summed E-state index contributed by atoms with van der Waals surface area (Å²) in [5.74, 6) is 0.431. The maximum absolute atomic E-state index is 12.9. The zero-order valence-electron chi connectivity index (χ0n) is 14.2. The summed E-state index contributed by atoms with van der Waals surface area (Å²) in [7, 11) is 0. The van der Waals surface area contributed by atoms with Gasteiger partial charge in [-0.1, -0.05) is 23.7 Å². The highest BCUT2D eigenvalue weighted by molar-refractivity contribution is 6.30. The van der Waals surface area contributed by atoms with Crippen molar-refractivity contribution in [1.29, 1.82) is 0 Å². The molecule has 1 aliphatic rings. The number of likely N-dealkylation sites (tertiary alicyclic amines) is 1. The van der Waals surface area contributed by atoms with Gasteiger partial charge in [-0.15, -0.1) is 0 Å². The number of halogens is 1. The lowest BCUT2D eigenvalue weighted by molar-refractivity contribution is -0.136. The van der Waals surface area contributed by atoms with Gasteiger partial charge in [0.15, 0.2) is 0 Å². The van der Waals surface area contributed by atoms with Crippen LogP contribution >= 0.6 is 11.6 Å². The second-order valence-corrected chi connectivity index (χ2v) is 6.67. The zero-order valence-corrected chi connectivity index (χ0v) is 14.9. The number of nitrogens with zero attached hydrogens (tertiary/aromatic N) is 2. The van der Waals surface area contributed by atoms with Gasteiger partial charge < -0.3 is 14.2 Å². The van der Waals surface area contributed by atoms with Crippen molar-refractivity contribution < 1.29 is 14.0 Å². The minimum absolute atomic E-state index is 0.00596. The van der Waals surface area contributed by atoms with Crippen LogP contribution in [0.25, 0.3) is 0 Å². The minimum Gasteiger partial charge on any atom is -0.467 e. The fourth-order valence-electron chi connectivity index (χ4n) is 3.14. The van der Waals surface area contributed by atoms with Crippen LogP contribution in [-0.2, 0) is 22.7 Å². The third-order valence-electron chi connectivity index (χ3n) is 4.45. The minimum atomic E-state index is -0.304. The molecule has 2 amide bonds. The maximum atomic E-state index is 12.9.